The molecule has 0 aliphatic rings. The average Bonchev–Trinajstić information content (AvgIpc) is 2.70. The van der Waals surface area contributed by atoms with E-state index < -0.39 is 0 Å². The Morgan fingerprint density at radius 2 is 1.68 bits per heavy atom. The summed E-state index contributed by atoms with van der Waals surface area (Å²) in [6.07, 6.45) is 2.13. The Balaban J connectivity index is 2.03. The number of anilines is 1. The number of rotatable bonds is 2. The van der Waals surface area contributed by atoms with Crippen LogP contribution in [0.1, 0.15) is 16.7 Å². The monoisotopic (exact) mass is 250 g/mol. The van der Waals surface area contributed by atoms with Crippen LogP contribution in [-0.2, 0) is 6.54 Å². The first-order chi connectivity index (χ1) is 9.11. The van der Waals surface area contributed by atoms with E-state index in [0.29, 0.717) is 0 Å². The summed E-state index contributed by atoms with van der Waals surface area (Å²) in [4.78, 5) is 0. The normalized spacial score (nSPS) is 11.1. The van der Waals surface area contributed by atoms with E-state index in [-0.39, 0.29) is 0 Å². The Bertz CT molecular complexity index is 718. The summed E-state index contributed by atoms with van der Waals surface area (Å²) >= 11 is 0. The molecule has 0 amide bonds. The number of hydrogen-bond donors (Lipinski definition) is 1. The minimum absolute atomic E-state index is 0.813. The fourth-order valence-corrected chi connectivity index (χ4v) is 2.70. The molecule has 2 aromatic carbocycles. The molecule has 3 aromatic rings. The third kappa shape index (κ3) is 2.34. The van der Waals surface area contributed by atoms with Gasteiger partial charge >= 0.3 is 0 Å². The molecule has 2 nitrogen and oxygen atoms in total. The van der Waals surface area contributed by atoms with Crippen molar-refractivity contribution in [3.05, 3.63) is 65.4 Å². The summed E-state index contributed by atoms with van der Waals surface area (Å²) in [7, 11) is 0. The summed E-state index contributed by atoms with van der Waals surface area (Å²) in [6, 6.07) is 14.9. The van der Waals surface area contributed by atoms with Gasteiger partial charge in [-0.15, -0.1) is 0 Å². The van der Waals surface area contributed by atoms with Gasteiger partial charge in [0.1, 0.15) is 0 Å². The van der Waals surface area contributed by atoms with Crippen LogP contribution in [0.4, 0.5) is 5.69 Å². The largest absolute Gasteiger partial charge is 0.399 e. The summed E-state index contributed by atoms with van der Waals surface area (Å²) in [5, 5.41) is 1.23. The number of benzene rings is 2. The SMILES string of the molecule is Cc1cc(C)cc(Cn2ccc3ccc(N)cc32)c1. The molecule has 0 saturated carbocycles. The van der Waals surface area contributed by atoms with Gasteiger partial charge in [0.05, 0.1) is 5.52 Å². The lowest BCUT2D eigenvalue weighted by atomic mass is 10.1. The number of fused-ring (bicyclic) bond motifs is 1. The highest BCUT2D eigenvalue weighted by Crippen LogP contribution is 2.20. The van der Waals surface area contributed by atoms with Gasteiger partial charge < -0.3 is 10.3 Å². The number of nitrogens with zero attached hydrogens (tertiary/aromatic N) is 1. The van der Waals surface area contributed by atoms with E-state index in [1.54, 1.807) is 0 Å². The first-order valence-electron chi connectivity index (χ1n) is 6.53. The predicted molar refractivity (Wildman–Crippen MR) is 81.4 cm³/mol. The van der Waals surface area contributed by atoms with Gasteiger partial charge in [0.15, 0.2) is 0 Å². The van der Waals surface area contributed by atoms with Crippen molar-refractivity contribution in [2.24, 2.45) is 0 Å². The van der Waals surface area contributed by atoms with E-state index in [0.717, 1.165) is 12.2 Å². The van der Waals surface area contributed by atoms with Crippen molar-refractivity contribution in [3.8, 4) is 0 Å². The maximum absolute atomic E-state index is 5.88. The van der Waals surface area contributed by atoms with Crippen LogP contribution in [0, 0.1) is 13.8 Å². The standard InChI is InChI=1S/C17H18N2/c1-12-7-13(2)9-14(8-12)11-19-6-5-15-3-4-16(18)10-17(15)19/h3-10H,11,18H2,1-2H3. The predicted octanol–water partition coefficient (Wildman–Crippen LogP) is 3.89. The van der Waals surface area contributed by atoms with E-state index in [2.05, 4.69) is 54.9 Å². The average molecular weight is 250 g/mol. The maximum Gasteiger partial charge on any atom is 0.0504 e. The highest BCUT2D eigenvalue weighted by atomic mass is 14.9. The Hall–Kier alpha value is -2.22. The molecule has 0 spiro atoms. The molecule has 96 valence electrons. The zero-order valence-corrected chi connectivity index (χ0v) is 11.4. The molecule has 1 heterocycles. The van der Waals surface area contributed by atoms with Crippen LogP contribution in [0.25, 0.3) is 10.9 Å². The van der Waals surface area contributed by atoms with Gasteiger partial charge in [-0.2, -0.15) is 0 Å². The quantitative estimate of drug-likeness (QED) is 0.687. The Morgan fingerprint density at radius 3 is 2.42 bits per heavy atom. The van der Waals surface area contributed by atoms with Gasteiger partial charge in [-0.25, -0.2) is 0 Å². The molecule has 2 N–H and O–H groups in total. The lowest BCUT2D eigenvalue weighted by Gasteiger charge is -2.08. The van der Waals surface area contributed by atoms with Crippen molar-refractivity contribution in [1.82, 2.24) is 4.57 Å². The minimum atomic E-state index is 0.813. The summed E-state index contributed by atoms with van der Waals surface area (Å²) < 4.78 is 2.25. The second-order valence-electron chi connectivity index (χ2n) is 5.26. The third-order valence-electron chi connectivity index (χ3n) is 3.43. The lowest BCUT2D eigenvalue weighted by Crippen LogP contribution is -1.99. The topological polar surface area (TPSA) is 30.9 Å². The highest BCUT2D eigenvalue weighted by Gasteiger charge is 2.03. The molecule has 0 radical (unpaired) electrons. The smallest absolute Gasteiger partial charge is 0.0504 e. The highest BCUT2D eigenvalue weighted by molar-refractivity contribution is 5.83. The van der Waals surface area contributed by atoms with Crippen LogP contribution in [0.3, 0.4) is 0 Å². The van der Waals surface area contributed by atoms with E-state index in [1.165, 1.54) is 27.6 Å². The molecule has 0 saturated heterocycles. The van der Waals surface area contributed by atoms with Gasteiger partial charge in [0.25, 0.3) is 0 Å². The molecule has 1 aromatic heterocycles. The van der Waals surface area contributed by atoms with E-state index >= 15 is 0 Å². The number of aromatic nitrogens is 1. The third-order valence-corrected chi connectivity index (χ3v) is 3.43. The second kappa shape index (κ2) is 4.47. The minimum Gasteiger partial charge on any atom is -0.399 e. The van der Waals surface area contributed by atoms with E-state index in [1.807, 2.05) is 12.1 Å². The Labute approximate surface area is 113 Å². The molecular formula is C17H18N2. The number of nitrogen functional groups attached to an aromatic ring is 1. The molecule has 0 aliphatic carbocycles. The van der Waals surface area contributed by atoms with Crippen LogP contribution < -0.4 is 5.73 Å². The first kappa shape index (κ1) is 11.8. The molecule has 3 rings (SSSR count). The summed E-state index contributed by atoms with van der Waals surface area (Å²) in [6.45, 7) is 5.17. The van der Waals surface area contributed by atoms with Crippen molar-refractivity contribution in [2.45, 2.75) is 20.4 Å². The van der Waals surface area contributed by atoms with E-state index in [4.69, 9.17) is 5.73 Å². The fourth-order valence-electron chi connectivity index (χ4n) is 2.70. The molecule has 0 aliphatic heterocycles. The Kier molecular flexibility index (Phi) is 2.79. The number of hydrogen-bond acceptors (Lipinski definition) is 1. The fraction of sp³-hybridized carbons (Fsp3) is 0.176. The van der Waals surface area contributed by atoms with Crippen molar-refractivity contribution >= 4 is 16.6 Å². The molecule has 0 unspecified atom stereocenters. The van der Waals surface area contributed by atoms with E-state index in [9.17, 15) is 0 Å². The van der Waals surface area contributed by atoms with Crippen LogP contribution in [0.5, 0.6) is 0 Å². The first-order valence-corrected chi connectivity index (χ1v) is 6.53. The summed E-state index contributed by atoms with van der Waals surface area (Å²) in [5.74, 6) is 0. The van der Waals surface area contributed by atoms with Crippen LogP contribution in [0.15, 0.2) is 48.7 Å². The maximum atomic E-state index is 5.88. The summed E-state index contributed by atoms with van der Waals surface area (Å²) in [5.41, 5.74) is 11.8. The molecule has 19 heavy (non-hydrogen) atoms. The van der Waals surface area contributed by atoms with Gasteiger partial charge in [-0.1, -0.05) is 35.4 Å². The van der Waals surface area contributed by atoms with Crippen LogP contribution in [-0.4, -0.2) is 4.57 Å². The van der Waals surface area contributed by atoms with Gasteiger partial charge in [-0.3, -0.25) is 0 Å². The van der Waals surface area contributed by atoms with Gasteiger partial charge in [0.2, 0.25) is 0 Å². The number of aryl methyl sites for hydroxylation is 2. The number of nitrogens with two attached hydrogens (primary N) is 1. The molecule has 2 heteroatoms. The molecular weight excluding hydrogens is 232 g/mol. The molecule has 0 atom stereocenters. The van der Waals surface area contributed by atoms with Gasteiger partial charge in [-0.05, 0) is 43.0 Å². The van der Waals surface area contributed by atoms with Crippen molar-refractivity contribution < 1.29 is 0 Å². The van der Waals surface area contributed by atoms with Crippen molar-refractivity contribution in [2.75, 3.05) is 5.73 Å². The van der Waals surface area contributed by atoms with Crippen molar-refractivity contribution in [1.29, 1.82) is 0 Å². The zero-order valence-electron chi connectivity index (χ0n) is 11.4. The van der Waals surface area contributed by atoms with Crippen LogP contribution in [0.2, 0.25) is 0 Å². The second-order valence-corrected chi connectivity index (χ2v) is 5.26. The lowest BCUT2D eigenvalue weighted by molar-refractivity contribution is 0.835. The van der Waals surface area contributed by atoms with Gasteiger partial charge in [0, 0.05) is 18.4 Å². The Morgan fingerprint density at radius 1 is 0.947 bits per heavy atom. The van der Waals surface area contributed by atoms with Crippen molar-refractivity contribution in [3.63, 3.8) is 0 Å². The molecule has 0 bridgehead atoms. The van der Waals surface area contributed by atoms with Crippen LogP contribution >= 0.6 is 0 Å². The molecule has 0 fully saturated rings. The zero-order chi connectivity index (χ0) is 13.4.